The molecule has 0 aliphatic carbocycles. The summed E-state index contributed by atoms with van der Waals surface area (Å²) < 4.78 is 7.10. The van der Waals surface area contributed by atoms with Gasteiger partial charge in [0.1, 0.15) is 10.8 Å². The highest BCUT2D eigenvalue weighted by atomic mass is 32.1. The monoisotopic (exact) mass is 341 g/mol. The Hall–Kier alpha value is -2.47. The van der Waals surface area contributed by atoms with Gasteiger partial charge in [-0.25, -0.2) is 9.78 Å². The quantitative estimate of drug-likeness (QED) is 0.713. The molecule has 2 aromatic heterocycles. The number of aryl methyl sites for hydroxylation is 2. The van der Waals surface area contributed by atoms with Crippen LogP contribution in [-0.4, -0.2) is 21.1 Å². The summed E-state index contributed by atoms with van der Waals surface area (Å²) in [5.41, 5.74) is 3.34. The van der Waals surface area contributed by atoms with Gasteiger partial charge in [-0.2, -0.15) is 4.98 Å². The second-order valence-electron chi connectivity index (χ2n) is 5.49. The van der Waals surface area contributed by atoms with Gasteiger partial charge in [0.2, 0.25) is 0 Å². The van der Waals surface area contributed by atoms with E-state index in [0.717, 1.165) is 33.4 Å². The summed E-state index contributed by atoms with van der Waals surface area (Å²) in [5, 5.41) is 2.89. The lowest BCUT2D eigenvalue weighted by molar-refractivity contribution is 0.340. The number of ether oxygens (including phenoxy) is 1. The number of thiazole rings is 1. The largest absolute Gasteiger partial charge is 0.494 e. The minimum Gasteiger partial charge on any atom is -0.494 e. The molecule has 0 unspecified atom stereocenters. The Morgan fingerprint density at radius 1 is 1.17 bits per heavy atom. The highest BCUT2D eigenvalue weighted by Gasteiger charge is 2.09. The van der Waals surface area contributed by atoms with Crippen LogP contribution in [0.15, 0.2) is 40.5 Å². The maximum Gasteiger partial charge on any atom is 0.348 e. The molecule has 0 atom stereocenters. The molecule has 124 valence electrons. The summed E-state index contributed by atoms with van der Waals surface area (Å²) in [6.07, 6.45) is 0. The van der Waals surface area contributed by atoms with Gasteiger partial charge in [0.25, 0.3) is 0 Å². The Kier molecular flexibility index (Phi) is 4.76. The summed E-state index contributed by atoms with van der Waals surface area (Å²) in [5.74, 6) is 0.851. The van der Waals surface area contributed by atoms with Crippen LogP contribution in [0.1, 0.15) is 23.3 Å². The Morgan fingerprint density at radius 2 is 1.92 bits per heavy atom. The molecule has 24 heavy (non-hydrogen) atoms. The maximum atomic E-state index is 12.1. The number of nitrogens with zero attached hydrogens (tertiary/aromatic N) is 3. The molecule has 0 amide bonds. The van der Waals surface area contributed by atoms with Gasteiger partial charge < -0.3 is 4.74 Å². The summed E-state index contributed by atoms with van der Waals surface area (Å²) in [7, 11) is 0. The van der Waals surface area contributed by atoms with Crippen LogP contribution in [0.5, 0.6) is 5.75 Å². The van der Waals surface area contributed by atoms with Crippen LogP contribution in [-0.2, 0) is 6.54 Å². The molecule has 0 bridgehead atoms. The van der Waals surface area contributed by atoms with Crippen molar-refractivity contribution in [2.75, 3.05) is 6.61 Å². The third kappa shape index (κ3) is 3.54. The first-order chi connectivity index (χ1) is 11.6. The molecule has 0 fully saturated rings. The second kappa shape index (κ2) is 6.97. The third-order valence-corrected chi connectivity index (χ3v) is 4.49. The van der Waals surface area contributed by atoms with Gasteiger partial charge in [-0.15, -0.1) is 11.3 Å². The number of hydrogen-bond donors (Lipinski definition) is 0. The molecule has 0 spiro atoms. The Morgan fingerprint density at radius 3 is 2.58 bits per heavy atom. The SMILES string of the molecule is CCOc1ccc(-c2csc(Cn3c(C)cc(C)nc3=O)n2)cc1. The normalized spacial score (nSPS) is 10.8. The predicted octanol–water partition coefficient (Wildman–Crippen LogP) is 3.43. The fraction of sp³-hybridized carbons (Fsp3) is 0.278. The Labute approximate surface area is 144 Å². The highest BCUT2D eigenvalue weighted by molar-refractivity contribution is 7.09. The fourth-order valence-corrected chi connectivity index (χ4v) is 3.30. The van der Waals surface area contributed by atoms with Crippen molar-refractivity contribution >= 4 is 11.3 Å². The molecule has 0 saturated carbocycles. The molecule has 3 aromatic rings. The van der Waals surface area contributed by atoms with Crippen molar-refractivity contribution in [1.82, 2.24) is 14.5 Å². The van der Waals surface area contributed by atoms with E-state index in [-0.39, 0.29) is 5.69 Å². The molecule has 0 N–H and O–H groups in total. The summed E-state index contributed by atoms with van der Waals surface area (Å²) in [6, 6.07) is 9.78. The molecule has 0 radical (unpaired) electrons. The Balaban J connectivity index is 1.82. The molecule has 3 rings (SSSR count). The summed E-state index contributed by atoms with van der Waals surface area (Å²) in [4.78, 5) is 20.7. The van der Waals surface area contributed by atoms with Crippen LogP contribution in [0.25, 0.3) is 11.3 Å². The molecule has 2 heterocycles. The van der Waals surface area contributed by atoms with Crippen molar-refractivity contribution < 1.29 is 4.74 Å². The highest BCUT2D eigenvalue weighted by Crippen LogP contribution is 2.24. The minimum atomic E-state index is -0.231. The average Bonchev–Trinajstić information content (AvgIpc) is 3.00. The molecular weight excluding hydrogens is 322 g/mol. The van der Waals surface area contributed by atoms with Gasteiger partial charge in [-0.05, 0) is 51.1 Å². The van der Waals surface area contributed by atoms with Gasteiger partial charge in [-0.3, -0.25) is 4.57 Å². The van der Waals surface area contributed by atoms with E-state index in [2.05, 4.69) is 9.97 Å². The maximum absolute atomic E-state index is 12.1. The average molecular weight is 341 g/mol. The van der Waals surface area contributed by atoms with Crippen molar-refractivity contribution in [3.63, 3.8) is 0 Å². The first kappa shape index (κ1) is 16.4. The van der Waals surface area contributed by atoms with Crippen molar-refractivity contribution in [2.45, 2.75) is 27.3 Å². The van der Waals surface area contributed by atoms with E-state index in [4.69, 9.17) is 4.74 Å². The zero-order valence-corrected chi connectivity index (χ0v) is 14.8. The van der Waals surface area contributed by atoms with Crippen LogP contribution in [0.2, 0.25) is 0 Å². The smallest absolute Gasteiger partial charge is 0.348 e. The van der Waals surface area contributed by atoms with Crippen LogP contribution in [0.4, 0.5) is 0 Å². The first-order valence-electron chi connectivity index (χ1n) is 7.79. The van der Waals surface area contributed by atoms with Crippen LogP contribution in [0, 0.1) is 13.8 Å². The Bertz CT molecular complexity index is 897. The fourth-order valence-electron chi connectivity index (χ4n) is 2.51. The molecule has 6 heteroatoms. The molecule has 0 aliphatic heterocycles. The van der Waals surface area contributed by atoms with Crippen molar-refractivity contribution in [1.29, 1.82) is 0 Å². The molecule has 0 aliphatic rings. The van der Waals surface area contributed by atoms with Crippen LogP contribution in [0.3, 0.4) is 0 Å². The topological polar surface area (TPSA) is 57.0 Å². The lowest BCUT2D eigenvalue weighted by atomic mass is 10.2. The standard InChI is InChI=1S/C18H19N3O2S/c1-4-23-15-7-5-14(6-8-15)16-11-24-17(20-16)10-21-13(3)9-12(2)19-18(21)22/h5-9,11H,4,10H2,1-3H3. The van der Waals surface area contributed by atoms with E-state index in [1.165, 1.54) is 0 Å². The van der Waals surface area contributed by atoms with Gasteiger partial charge in [0.05, 0.1) is 18.8 Å². The number of aromatic nitrogens is 3. The molecule has 5 nitrogen and oxygen atoms in total. The number of rotatable bonds is 5. The van der Waals surface area contributed by atoms with Crippen molar-refractivity contribution in [2.24, 2.45) is 0 Å². The zero-order valence-electron chi connectivity index (χ0n) is 13.9. The second-order valence-corrected chi connectivity index (χ2v) is 6.43. The van der Waals surface area contributed by atoms with E-state index < -0.39 is 0 Å². The van der Waals surface area contributed by atoms with E-state index in [1.54, 1.807) is 15.9 Å². The molecular formula is C18H19N3O2S. The van der Waals surface area contributed by atoms with Gasteiger partial charge in [0, 0.05) is 22.3 Å². The number of benzene rings is 1. The van der Waals surface area contributed by atoms with E-state index in [9.17, 15) is 4.79 Å². The molecule has 0 saturated heterocycles. The first-order valence-corrected chi connectivity index (χ1v) is 8.67. The van der Waals surface area contributed by atoms with E-state index >= 15 is 0 Å². The summed E-state index contributed by atoms with van der Waals surface area (Å²) >= 11 is 1.55. The predicted molar refractivity (Wildman–Crippen MR) is 95.8 cm³/mol. The minimum absolute atomic E-state index is 0.231. The van der Waals surface area contributed by atoms with Crippen molar-refractivity contribution in [3.8, 4) is 17.0 Å². The van der Waals surface area contributed by atoms with E-state index in [1.807, 2.05) is 56.5 Å². The summed E-state index contributed by atoms with van der Waals surface area (Å²) in [6.45, 7) is 6.80. The lowest BCUT2D eigenvalue weighted by Crippen LogP contribution is -2.26. The number of hydrogen-bond acceptors (Lipinski definition) is 5. The van der Waals surface area contributed by atoms with Gasteiger partial charge in [0.15, 0.2) is 0 Å². The molecule has 1 aromatic carbocycles. The zero-order chi connectivity index (χ0) is 17.1. The lowest BCUT2D eigenvalue weighted by Gasteiger charge is -2.07. The van der Waals surface area contributed by atoms with Crippen molar-refractivity contribution in [3.05, 3.63) is 62.6 Å². The van der Waals surface area contributed by atoms with Gasteiger partial charge >= 0.3 is 5.69 Å². The van der Waals surface area contributed by atoms with Crippen LogP contribution < -0.4 is 10.4 Å². The van der Waals surface area contributed by atoms with Crippen LogP contribution >= 0.6 is 11.3 Å². The third-order valence-electron chi connectivity index (χ3n) is 3.65. The van der Waals surface area contributed by atoms with Gasteiger partial charge in [-0.1, -0.05) is 0 Å². The van der Waals surface area contributed by atoms with E-state index in [0.29, 0.717) is 13.2 Å².